The third-order valence-corrected chi connectivity index (χ3v) is 3.32. The van der Waals surface area contributed by atoms with Crippen molar-refractivity contribution in [3.8, 4) is 6.07 Å². The van der Waals surface area contributed by atoms with Crippen LogP contribution in [0.4, 0.5) is 0 Å². The molecule has 4 nitrogen and oxygen atoms in total. The Labute approximate surface area is 121 Å². The molecule has 0 atom stereocenters. The molecule has 0 N–H and O–H groups in total. The lowest BCUT2D eigenvalue weighted by molar-refractivity contribution is -0.142. The van der Waals surface area contributed by atoms with Crippen molar-refractivity contribution in [3.63, 3.8) is 0 Å². The molecule has 0 aliphatic heterocycles. The normalized spacial score (nSPS) is 10.7. The van der Waals surface area contributed by atoms with Gasteiger partial charge in [-0.15, -0.1) is 0 Å². The average Bonchev–Trinajstić information content (AvgIpc) is 2.84. The zero-order chi connectivity index (χ0) is 14.8. The van der Waals surface area contributed by atoms with Crippen LogP contribution in [0.2, 0.25) is 0 Å². The molecule has 0 amide bonds. The van der Waals surface area contributed by atoms with Crippen LogP contribution in [0.3, 0.4) is 0 Å². The lowest BCUT2D eigenvalue weighted by Crippen LogP contribution is -2.07. The molecule has 0 fully saturated rings. The molecule has 104 valence electrons. The zero-order valence-corrected chi connectivity index (χ0v) is 11.6. The Balaban J connectivity index is 2.05. The van der Waals surface area contributed by atoms with Gasteiger partial charge in [-0.1, -0.05) is 12.1 Å². The topological polar surface area (TPSA) is 63.2 Å². The van der Waals surface area contributed by atoms with Gasteiger partial charge < -0.3 is 9.15 Å². The highest BCUT2D eigenvalue weighted by atomic mass is 16.5. The maximum atomic E-state index is 11.5. The predicted molar refractivity (Wildman–Crippen MR) is 78.8 cm³/mol. The lowest BCUT2D eigenvalue weighted by Gasteiger charge is -2.01. The second kappa shape index (κ2) is 5.29. The monoisotopic (exact) mass is 279 g/mol. The highest BCUT2D eigenvalue weighted by molar-refractivity contribution is 6.05. The number of furan rings is 1. The molecular formula is C17H13NO3. The highest BCUT2D eigenvalue weighted by Crippen LogP contribution is 2.30. The first-order valence-electron chi connectivity index (χ1n) is 6.72. The summed E-state index contributed by atoms with van der Waals surface area (Å²) in [5.74, 6) is -0.250. The van der Waals surface area contributed by atoms with Crippen LogP contribution in [0.15, 0.2) is 40.8 Å². The van der Waals surface area contributed by atoms with Gasteiger partial charge in [0.25, 0.3) is 0 Å². The quantitative estimate of drug-likeness (QED) is 0.688. The van der Waals surface area contributed by atoms with Gasteiger partial charge in [-0.3, -0.25) is 4.79 Å². The number of carbonyl (C=O) groups excluding carboxylic acids is 1. The molecule has 4 heteroatoms. The fourth-order valence-electron chi connectivity index (χ4n) is 2.38. The van der Waals surface area contributed by atoms with Crippen LogP contribution in [0.1, 0.15) is 18.1 Å². The Bertz CT molecular complexity index is 871. The van der Waals surface area contributed by atoms with E-state index in [1.165, 1.54) is 0 Å². The van der Waals surface area contributed by atoms with Gasteiger partial charge in [0, 0.05) is 10.8 Å². The summed E-state index contributed by atoms with van der Waals surface area (Å²) in [6, 6.07) is 13.1. The van der Waals surface area contributed by atoms with Crippen molar-refractivity contribution in [1.29, 1.82) is 5.26 Å². The lowest BCUT2D eigenvalue weighted by atomic mass is 10.1. The van der Waals surface area contributed by atoms with Crippen molar-refractivity contribution in [2.45, 2.75) is 13.3 Å². The van der Waals surface area contributed by atoms with Crippen molar-refractivity contribution < 1.29 is 13.9 Å². The van der Waals surface area contributed by atoms with E-state index in [9.17, 15) is 4.79 Å². The number of ether oxygens (including phenoxy) is 1. The maximum Gasteiger partial charge on any atom is 0.310 e. The van der Waals surface area contributed by atoms with Gasteiger partial charge in [-0.2, -0.15) is 5.26 Å². The third-order valence-electron chi connectivity index (χ3n) is 3.32. The number of hydrogen-bond acceptors (Lipinski definition) is 4. The highest BCUT2D eigenvalue weighted by Gasteiger charge is 2.10. The van der Waals surface area contributed by atoms with E-state index in [4.69, 9.17) is 14.4 Å². The molecule has 0 saturated carbocycles. The van der Waals surface area contributed by atoms with Crippen LogP contribution in [0.5, 0.6) is 0 Å². The molecule has 0 bridgehead atoms. The molecule has 0 unspecified atom stereocenters. The van der Waals surface area contributed by atoms with Crippen molar-refractivity contribution in [2.75, 3.05) is 6.61 Å². The Morgan fingerprint density at radius 2 is 2.05 bits per heavy atom. The smallest absolute Gasteiger partial charge is 0.310 e. The SMILES string of the molecule is CCOC(=O)Cc1ccc2c(c1)oc1ccc(C#N)cc12. The van der Waals surface area contributed by atoms with Crippen LogP contribution in [-0.2, 0) is 16.0 Å². The minimum Gasteiger partial charge on any atom is -0.466 e. The predicted octanol–water partition coefficient (Wildman–Crippen LogP) is 3.56. The Hall–Kier alpha value is -2.80. The summed E-state index contributed by atoms with van der Waals surface area (Å²) in [5.41, 5.74) is 2.89. The summed E-state index contributed by atoms with van der Waals surface area (Å²) in [5, 5.41) is 10.8. The minimum absolute atomic E-state index is 0.226. The molecule has 0 aliphatic carbocycles. The van der Waals surface area contributed by atoms with Crippen molar-refractivity contribution in [3.05, 3.63) is 47.5 Å². The van der Waals surface area contributed by atoms with Crippen LogP contribution in [0, 0.1) is 11.3 Å². The molecule has 0 spiro atoms. The second-order valence-electron chi connectivity index (χ2n) is 4.74. The minimum atomic E-state index is -0.250. The van der Waals surface area contributed by atoms with Crippen molar-refractivity contribution >= 4 is 27.9 Å². The number of carbonyl (C=O) groups is 1. The number of esters is 1. The molecule has 0 aliphatic rings. The Kier molecular flexibility index (Phi) is 3.33. The molecule has 1 heterocycles. The van der Waals surface area contributed by atoms with Crippen LogP contribution >= 0.6 is 0 Å². The van der Waals surface area contributed by atoms with E-state index in [1.54, 1.807) is 19.1 Å². The van der Waals surface area contributed by atoms with Crippen molar-refractivity contribution in [1.82, 2.24) is 0 Å². The van der Waals surface area contributed by atoms with Gasteiger partial charge >= 0.3 is 5.97 Å². The second-order valence-corrected chi connectivity index (χ2v) is 4.74. The first-order valence-corrected chi connectivity index (χ1v) is 6.72. The first kappa shape index (κ1) is 13.2. The number of nitrogens with zero attached hydrogens (tertiary/aromatic N) is 1. The maximum absolute atomic E-state index is 11.5. The molecular weight excluding hydrogens is 266 g/mol. The Morgan fingerprint density at radius 3 is 2.81 bits per heavy atom. The van der Waals surface area contributed by atoms with E-state index in [0.717, 1.165) is 21.9 Å². The van der Waals surface area contributed by atoms with E-state index in [1.807, 2.05) is 24.3 Å². The molecule has 1 aromatic heterocycles. The van der Waals surface area contributed by atoms with Gasteiger partial charge in [-0.25, -0.2) is 0 Å². The number of nitriles is 1. The number of hydrogen-bond donors (Lipinski definition) is 0. The standard InChI is InChI=1S/C17H13NO3/c1-2-20-17(19)9-11-3-5-13-14-7-12(10-18)4-6-15(14)21-16(13)8-11/h3-8H,2,9H2,1H3. The van der Waals surface area contributed by atoms with E-state index >= 15 is 0 Å². The van der Waals surface area contributed by atoms with Crippen LogP contribution < -0.4 is 0 Å². The summed E-state index contributed by atoms with van der Waals surface area (Å²) in [6.07, 6.45) is 0.226. The number of fused-ring (bicyclic) bond motifs is 3. The molecule has 21 heavy (non-hydrogen) atoms. The van der Waals surface area contributed by atoms with Crippen LogP contribution in [-0.4, -0.2) is 12.6 Å². The number of rotatable bonds is 3. The summed E-state index contributed by atoms with van der Waals surface area (Å²) >= 11 is 0. The summed E-state index contributed by atoms with van der Waals surface area (Å²) in [7, 11) is 0. The fraction of sp³-hybridized carbons (Fsp3) is 0.176. The molecule has 3 rings (SSSR count). The summed E-state index contributed by atoms with van der Waals surface area (Å²) < 4.78 is 10.7. The van der Waals surface area contributed by atoms with Gasteiger partial charge in [0.1, 0.15) is 11.2 Å². The summed E-state index contributed by atoms with van der Waals surface area (Å²) in [4.78, 5) is 11.5. The van der Waals surface area contributed by atoms with E-state index in [-0.39, 0.29) is 12.4 Å². The van der Waals surface area contributed by atoms with Crippen molar-refractivity contribution in [2.24, 2.45) is 0 Å². The third kappa shape index (κ3) is 2.46. The van der Waals surface area contributed by atoms with E-state index in [0.29, 0.717) is 17.8 Å². The molecule has 3 aromatic rings. The van der Waals surface area contributed by atoms with E-state index in [2.05, 4.69) is 6.07 Å². The largest absolute Gasteiger partial charge is 0.466 e. The van der Waals surface area contributed by atoms with E-state index < -0.39 is 0 Å². The van der Waals surface area contributed by atoms with Crippen LogP contribution in [0.25, 0.3) is 21.9 Å². The fourth-order valence-corrected chi connectivity index (χ4v) is 2.38. The molecule has 0 saturated heterocycles. The average molecular weight is 279 g/mol. The Morgan fingerprint density at radius 1 is 1.19 bits per heavy atom. The number of benzene rings is 2. The van der Waals surface area contributed by atoms with Gasteiger partial charge in [0.15, 0.2) is 0 Å². The van der Waals surface area contributed by atoms with Gasteiger partial charge in [0.2, 0.25) is 0 Å². The molecule has 2 aromatic carbocycles. The zero-order valence-electron chi connectivity index (χ0n) is 11.6. The first-order chi connectivity index (χ1) is 10.2. The van der Waals surface area contributed by atoms with Gasteiger partial charge in [0.05, 0.1) is 24.7 Å². The molecule has 0 radical (unpaired) electrons. The summed E-state index contributed by atoms with van der Waals surface area (Å²) in [6.45, 7) is 2.16. The van der Waals surface area contributed by atoms with Gasteiger partial charge in [-0.05, 0) is 36.8 Å².